The summed E-state index contributed by atoms with van der Waals surface area (Å²) in [6, 6.07) is 0.189. The molecule has 0 saturated carbocycles. The van der Waals surface area contributed by atoms with E-state index in [0.717, 1.165) is 0 Å². The summed E-state index contributed by atoms with van der Waals surface area (Å²) in [6.45, 7) is 7.92. The summed E-state index contributed by atoms with van der Waals surface area (Å²) in [5.41, 5.74) is -0.942. The Morgan fingerprint density at radius 2 is 2.00 bits per heavy atom. The molecule has 1 heterocycles. The fourth-order valence-electron chi connectivity index (χ4n) is 1.93. The van der Waals surface area contributed by atoms with E-state index in [4.69, 9.17) is 0 Å². The average molecular weight is 219 g/mol. The Hall–Kier alpha value is -0.670. The van der Waals surface area contributed by atoms with Crippen molar-refractivity contribution in [2.45, 2.75) is 46.6 Å². The standard InChI is InChI=1S/C11H19F2NO/c1-7-6-14(8(7)2)10(15)11(3,4)5-9(12)13/h7-9H,5-6H2,1-4H3. The van der Waals surface area contributed by atoms with Crippen LogP contribution in [0.4, 0.5) is 8.78 Å². The van der Waals surface area contributed by atoms with E-state index in [9.17, 15) is 13.6 Å². The van der Waals surface area contributed by atoms with Crippen LogP contribution in [0.3, 0.4) is 0 Å². The van der Waals surface area contributed by atoms with E-state index >= 15 is 0 Å². The van der Waals surface area contributed by atoms with Gasteiger partial charge in [0, 0.05) is 24.4 Å². The van der Waals surface area contributed by atoms with Crippen molar-refractivity contribution in [3.05, 3.63) is 0 Å². The molecule has 1 saturated heterocycles. The van der Waals surface area contributed by atoms with Gasteiger partial charge in [-0.2, -0.15) is 0 Å². The Morgan fingerprint density at radius 3 is 2.33 bits per heavy atom. The number of hydrogen-bond donors (Lipinski definition) is 0. The zero-order valence-electron chi connectivity index (χ0n) is 9.76. The Kier molecular flexibility index (Phi) is 3.36. The molecular weight excluding hydrogens is 200 g/mol. The number of carbonyl (C=O) groups excluding carboxylic acids is 1. The van der Waals surface area contributed by atoms with Crippen molar-refractivity contribution >= 4 is 5.91 Å². The Labute approximate surface area is 89.6 Å². The molecule has 1 aliphatic heterocycles. The van der Waals surface area contributed by atoms with Gasteiger partial charge in [-0.1, -0.05) is 20.8 Å². The lowest BCUT2D eigenvalue weighted by atomic mass is 9.83. The van der Waals surface area contributed by atoms with Crippen LogP contribution in [0.2, 0.25) is 0 Å². The molecule has 1 fully saturated rings. The van der Waals surface area contributed by atoms with Crippen molar-refractivity contribution < 1.29 is 13.6 Å². The van der Waals surface area contributed by atoms with Gasteiger partial charge in [0.05, 0.1) is 0 Å². The minimum absolute atomic E-state index is 0.145. The van der Waals surface area contributed by atoms with Gasteiger partial charge in [0.2, 0.25) is 12.3 Å². The zero-order valence-corrected chi connectivity index (χ0v) is 9.76. The van der Waals surface area contributed by atoms with Crippen molar-refractivity contribution in [3.63, 3.8) is 0 Å². The molecule has 0 bridgehead atoms. The molecule has 2 unspecified atom stereocenters. The predicted octanol–water partition coefficient (Wildman–Crippen LogP) is 2.53. The van der Waals surface area contributed by atoms with E-state index in [0.29, 0.717) is 12.5 Å². The summed E-state index contributed by atoms with van der Waals surface area (Å²) >= 11 is 0. The zero-order chi connectivity index (χ0) is 11.8. The van der Waals surface area contributed by atoms with Crippen molar-refractivity contribution in [2.75, 3.05) is 6.54 Å². The number of hydrogen-bond acceptors (Lipinski definition) is 1. The molecule has 4 heteroatoms. The summed E-state index contributed by atoms with van der Waals surface area (Å²) in [6.07, 6.45) is -2.78. The van der Waals surface area contributed by atoms with Crippen LogP contribution in [0.15, 0.2) is 0 Å². The number of alkyl halides is 2. The molecule has 0 radical (unpaired) electrons. The molecule has 2 atom stereocenters. The monoisotopic (exact) mass is 219 g/mol. The number of amides is 1. The Bertz CT molecular complexity index is 253. The van der Waals surface area contributed by atoms with Gasteiger partial charge in [0.15, 0.2) is 0 Å². The predicted molar refractivity (Wildman–Crippen MR) is 54.7 cm³/mol. The molecule has 0 aromatic carbocycles. The minimum atomic E-state index is -2.42. The number of rotatable bonds is 3. The molecule has 15 heavy (non-hydrogen) atoms. The lowest BCUT2D eigenvalue weighted by Gasteiger charge is -2.48. The van der Waals surface area contributed by atoms with E-state index < -0.39 is 11.8 Å². The van der Waals surface area contributed by atoms with Crippen molar-refractivity contribution in [1.29, 1.82) is 0 Å². The van der Waals surface area contributed by atoms with Gasteiger partial charge in [0.1, 0.15) is 0 Å². The van der Waals surface area contributed by atoms with Gasteiger partial charge < -0.3 is 4.90 Å². The third-order valence-electron chi connectivity index (χ3n) is 3.30. The van der Waals surface area contributed by atoms with Gasteiger partial charge in [-0.3, -0.25) is 4.79 Å². The van der Waals surface area contributed by atoms with Crippen LogP contribution < -0.4 is 0 Å². The van der Waals surface area contributed by atoms with E-state index in [1.165, 1.54) is 0 Å². The molecule has 1 rings (SSSR count). The van der Waals surface area contributed by atoms with Crippen LogP contribution in [-0.4, -0.2) is 29.8 Å². The van der Waals surface area contributed by atoms with Gasteiger partial charge in [0.25, 0.3) is 0 Å². The highest BCUT2D eigenvalue weighted by Crippen LogP contribution is 2.33. The van der Waals surface area contributed by atoms with Crippen LogP contribution in [0, 0.1) is 11.3 Å². The first-order chi connectivity index (χ1) is 6.75. The van der Waals surface area contributed by atoms with Crippen molar-refractivity contribution in [1.82, 2.24) is 4.90 Å². The second kappa shape index (κ2) is 4.06. The fraction of sp³-hybridized carbons (Fsp3) is 0.909. The number of nitrogens with zero attached hydrogens (tertiary/aromatic N) is 1. The fourth-order valence-corrected chi connectivity index (χ4v) is 1.93. The molecule has 88 valence electrons. The summed E-state index contributed by atoms with van der Waals surface area (Å²) in [5, 5.41) is 0. The van der Waals surface area contributed by atoms with Crippen molar-refractivity contribution in [3.8, 4) is 0 Å². The normalized spacial score (nSPS) is 26.7. The minimum Gasteiger partial charge on any atom is -0.339 e. The molecule has 0 aliphatic carbocycles. The molecule has 0 aromatic heterocycles. The van der Waals surface area contributed by atoms with Gasteiger partial charge >= 0.3 is 0 Å². The molecule has 1 amide bonds. The molecule has 1 aliphatic rings. The van der Waals surface area contributed by atoms with Gasteiger partial charge in [-0.05, 0) is 12.8 Å². The molecule has 2 nitrogen and oxygen atoms in total. The SMILES string of the molecule is CC1CN(C(=O)C(C)(C)CC(F)F)C1C. The first kappa shape index (κ1) is 12.4. The molecule has 0 aromatic rings. The highest BCUT2D eigenvalue weighted by atomic mass is 19.3. The number of carbonyl (C=O) groups is 1. The lowest BCUT2D eigenvalue weighted by Crippen LogP contribution is -2.59. The third kappa shape index (κ3) is 2.47. The summed E-state index contributed by atoms with van der Waals surface area (Å²) in [5.74, 6) is 0.338. The Morgan fingerprint density at radius 1 is 1.47 bits per heavy atom. The van der Waals surface area contributed by atoms with E-state index in [1.807, 2.05) is 6.92 Å². The van der Waals surface area contributed by atoms with Crippen LogP contribution in [0.25, 0.3) is 0 Å². The maximum absolute atomic E-state index is 12.3. The summed E-state index contributed by atoms with van der Waals surface area (Å²) in [7, 11) is 0. The van der Waals surface area contributed by atoms with E-state index in [2.05, 4.69) is 6.92 Å². The Balaban J connectivity index is 2.60. The van der Waals surface area contributed by atoms with E-state index in [1.54, 1.807) is 18.7 Å². The van der Waals surface area contributed by atoms with Crippen LogP contribution >= 0.6 is 0 Å². The maximum atomic E-state index is 12.3. The molecule has 0 N–H and O–H groups in total. The largest absolute Gasteiger partial charge is 0.339 e. The lowest BCUT2D eigenvalue weighted by molar-refractivity contribution is -0.154. The van der Waals surface area contributed by atoms with E-state index in [-0.39, 0.29) is 18.4 Å². The number of halogens is 2. The number of likely N-dealkylation sites (tertiary alicyclic amines) is 1. The summed E-state index contributed by atoms with van der Waals surface area (Å²) in [4.78, 5) is 13.6. The third-order valence-corrected chi connectivity index (χ3v) is 3.30. The molecule has 0 spiro atoms. The first-order valence-electron chi connectivity index (χ1n) is 5.35. The molecular formula is C11H19F2NO. The highest BCUT2D eigenvalue weighted by molar-refractivity contribution is 5.83. The smallest absolute Gasteiger partial charge is 0.239 e. The van der Waals surface area contributed by atoms with Gasteiger partial charge in [-0.15, -0.1) is 0 Å². The maximum Gasteiger partial charge on any atom is 0.239 e. The topological polar surface area (TPSA) is 20.3 Å². The highest BCUT2D eigenvalue weighted by Gasteiger charge is 2.42. The van der Waals surface area contributed by atoms with Crippen LogP contribution in [-0.2, 0) is 4.79 Å². The average Bonchev–Trinajstić information content (AvgIpc) is 2.10. The second-order valence-corrected chi connectivity index (χ2v) is 5.15. The van der Waals surface area contributed by atoms with Crippen molar-refractivity contribution in [2.24, 2.45) is 11.3 Å². The van der Waals surface area contributed by atoms with Crippen LogP contribution in [0.5, 0.6) is 0 Å². The van der Waals surface area contributed by atoms with Gasteiger partial charge in [-0.25, -0.2) is 8.78 Å². The quantitative estimate of drug-likeness (QED) is 0.714. The second-order valence-electron chi connectivity index (χ2n) is 5.15. The van der Waals surface area contributed by atoms with Crippen LogP contribution in [0.1, 0.15) is 34.1 Å². The summed E-state index contributed by atoms with van der Waals surface area (Å²) < 4.78 is 24.6. The first-order valence-corrected chi connectivity index (χ1v) is 5.35.